The molecule has 1 fully saturated rings. The van der Waals surface area contributed by atoms with Crippen molar-refractivity contribution in [3.8, 4) is 11.3 Å². The third-order valence-corrected chi connectivity index (χ3v) is 8.40. The summed E-state index contributed by atoms with van der Waals surface area (Å²) in [6, 6.07) is 2.86. The molecule has 0 amide bonds. The summed E-state index contributed by atoms with van der Waals surface area (Å²) in [5, 5.41) is 24.5. The Morgan fingerprint density at radius 2 is 1.91 bits per heavy atom. The molecule has 1 aliphatic carbocycles. The minimum Gasteiger partial charge on any atom is -0.393 e. The topological polar surface area (TPSA) is 117 Å². The van der Waals surface area contributed by atoms with E-state index in [1.165, 1.54) is 17.5 Å². The smallest absolute Gasteiger partial charge is 0.393 e. The van der Waals surface area contributed by atoms with Gasteiger partial charge in [-0.2, -0.15) is 18.3 Å². The summed E-state index contributed by atoms with van der Waals surface area (Å²) in [4.78, 5) is 3.87. The van der Waals surface area contributed by atoms with Gasteiger partial charge in [-0.1, -0.05) is 17.4 Å². The van der Waals surface area contributed by atoms with Crippen LogP contribution in [0.25, 0.3) is 16.2 Å². The van der Waals surface area contributed by atoms with E-state index in [0.29, 0.717) is 21.4 Å². The maximum Gasteiger partial charge on any atom is 0.417 e. The van der Waals surface area contributed by atoms with Crippen LogP contribution in [0.2, 0.25) is 0 Å². The molecule has 0 unspecified atom stereocenters. The van der Waals surface area contributed by atoms with Crippen molar-refractivity contribution in [2.45, 2.75) is 68.9 Å². The Balaban J connectivity index is 1.87. The second-order valence-electron chi connectivity index (χ2n) is 9.14. The number of aliphatic hydroxyl groups excluding tert-OH is 1. The molecule has 8 nitrogen and oxygen atoms in total. The van der Waals surface area contributed by atoms with Crippen LogP contribution < -0.4 is 4.72 Å². The zero-order chi connectivity index (χ0) is 24.6. The first kappa shape index (κ1) is 24.1. The van der Waals surface area contributed by atoms with Crippen LogP contribution in [0, 0.1) is 6.92 Å². The van der Waals surface area contributed by atoms with E-state index in [9.17, 15) is 31.8 Å². The summed E-state index contributed by atoms with van der Waals surface area (Å²) in [5.41, 5.74) is -2.63. The van der Waals surface area contributed by atoms with Crippen LogP contribution in [0.5, 0.6) is 0 Å². The number of aryl methyl sites for hydroxylation is 1. The van der Waals surface area contributed by atoms with E-state index in [2.05, 4.69) is 14.8 Å². The number of nitrogens with zero attached hydrogens (tertiary/aromatic N) is 3. The standard InChI is InChI=1S/C20H23F3N4O4S2/c1-10-15(27-17(24-10)32-16(25-27)18(2,3)29)11-5-6-13(20(21,22)23)14(7-11)33(30,31)26-19(4)8-12(28)9-19/h5-7,12,26,28-29H,8-9H2,1-4H3/t12-,19-. The molecule has 1 aliphatic rings. The molecule has 0 spiro atoms. The van der Waals surface area contributed by atoms with Crippen molar-refractivity contribution in [1.29, 1.82) is 0 Å². The minimum absolute atomic E-state index is 0.105. The van der Waals surface area contributed by atoms with Crippen LogP contribution in [-0.2, 0) is 21.8 Å². The summed E-state index contributed by atoms with van der Waals surface area (Å²) in [6.07, 6.45) is -5.40. The SMILES string of the molecule is Cc1nc2sc(C(C)(C)O)nn2c1-c1ccc(C(F)(F)F)c(S(=O)(=O)N[C@]2(C)C[C@@H](O)C2)c1. The number of hydrogen-bond acceptors (Lipinski definition) is 7. The Bertz CT molecular complexity index is 1330. The van der Waals surface area contributed by atoms with Crippen molar-refractivity contribution in [2.75, 3.05) is 0 Å². The molecular formula is C20H23F3N4O4S2. The number of hydrogen-bond donors (Lipinski definition) is 3. The predicted octanol–water partition coefficient (Wildman–Crippen LogP) is 3.20. The fourth-order valence-electron chi connectivity index (χ4n) is 4.00. The number of aliphatic hydroxyl groups is 2. The lowest BCUT2D eigenvalue weighted by Crippen LogP contribution is -2.57. The number of sulfonamides is 1. The maximum atomic E-state index is 13.7. The number of nitrogens with one attached hydrogen (secondary N) is 1. The summed E-state index contributed by atoms with van der Waals surface area (Å²) >= 11 is 1.13. The molecule has 2 aromatic heterocycles. The van der Waals surface area contributed by atoms with Crippen LogP contribution in [-0.4, -0.2) is 44.9 Å². The van der Waals surface area contributed by atoms with E-state index in [4.69, 9.17) is 0 Å². The molecule has 4 rings (SSSR count). The Kier molecular flexibility index (Phi) is 5.45. The molecule has 0 radical (unpaired) electrons. The lowest BCUT2D eigenvalue weighted by molar-refractivity contribution is -0.139. The third-order valence-electron chi connectivity index (χ3n) is 5.50. The van der Waals surface area contributed by atoms with Gasteiger partial charge in [0.25, 0.3) is 0 Å². The van der Waals surface area contributed by atoms with Crippen molar-refractivity contribution >= 4 is 26.3 Å². The van der Waals surface area contributed by atoms with Crippen LogP contribution in [0.15, 0.2) is 23.1 Å². The summed E-state index contributed by atoms with van der Waals surface area (Å²) < 4.78 is 71.0. The van der Waals surface area contributed by atoms with Crippen LogP contribution in [0.4, 0.5) is 13.2 Å². The van der Waals surface area contributed by atoms with Gasteiger partial charge in [0, 0.05) is 11.1 Å². The summed E-state index contributed by atoms with van der Waals surface area (Å²) in [7, 11) is -4.58. The van der Waals surface area contributed by atoms with Gasteiger partial charge in [-0.25, -0.2) is 22.6 Å². The second kappa shape index (κ2) is 7.47. The largest absolute Gasteiger partial charge is 0.417 e. The van der Waals surface area contributed by atoms with Crippen LogP contribution in [0.1, 0.15) is 49.9 Å². The van der Waals surface area contributed by atoms with Crippen molar-refractivity contribution in [1.82, 2.24) is 19.3 Å². The van der Waals surface area contributed by atoms with Gasteiger partial charge in [0.1, 0.15) is 10.6 Å². The predicted molar refractivity (Wildman–Crippen MR) is 115 cm³/mol. The van der Waals surface area contributed by atoms with Gasteiger partial charge in [-0.05, 0) is 52.7 Å². The molecule has 0 bridgehead atoms. The fourth-order valence-corrected chi connectivity index (χ4v) is 6.62. The van der Waals surface area contributed by atoms with E-state index < -0.39 is 43.9 Å². The molecular weight excluding hydrogens is 481 g/mol. The first-order chi connectivity index (χ1) is 15.0. The van der Waals surface area contributed by atoms with Gasteiger partial charge in [0.05, 0.1) is 28.0 Å². The fraction of sp³-hybridized carbons (Fsp3) is 0.500. The molecule has 0 aliphatic heterocycles. The first-order valence-corrected chi connectivity index (χ1v) is 12.3. The maximum absolute atomic E-state index is 13.7. The van der Waals surface area contributed by atoms with E-state index in [1.54, 1.807) is 20.8 Å². The van der Waals surface area contributed by atoms with Crippen LogP contribution in [0.3, 0.4) is 0 Å². The second-order valence-corrected chi connectivity index (χ2v) is 11.8. The van der Waals surface area contributed by atoms with Crippen molar-refractivity contribution in [3.05, 3.63) is 34.5 Å². The molecule has 0 atom stereocenters. The first-order valence-electron chi connectivity index (χ1n) is 10.0. The molecule has 3 aromatic rings. The number of fused-ring (bicyclic) bond motifs is 1. The number of rotatable bonds is 5. The highest BCUT2D eigenvalue weighted by Gasteiger charge is 2.45. The minimum atomic E-state index is -4.90. The molecule has 1 aromatic carbocycles. The molecule has 0 saturated heterocycles. The monoisotopic (exact) mass is 504 g/mol. The highest BCUT2D eigenvalue weighted by molar-refractivity contribution is 7.89. The Morgan fingerprint density at radius 3 is 2.45 bits per heavy atom. The Hall–Kier alpha value is -2.06. The average Bonchev–Trinajstić information content (AvgIpc) is 3.15. The molecule has 3 N–H and O–H groups in total. The number of aromatic nitrogens is 3. The number of imidazole rings is 1. The van der Waals surface area contributed by atoms with Crippen LogP contribution >= 0.6 is 11.3 Å². The highest BCUT2D eigenvalue weighted by Crippen LogP contribution is 2.40. The highest BCUT2D eigenvalue weighted by atomic mass is 32.2. The molecule has 1 saturated carbocycles. The normalized spacial score (nSPS) is 22.0. The Labute approximate surface area is 192 Å². The molecule has 2 heterocycles. The van der Waals surface area contributed by atoms with Gasteiger partial charge in [0.2, 0.25) is 15.0 Å². The lowest BCUT2D eigenvalue weighted by atomic mass is 9.77. The van der Waals surface area contributed by atoms with Crippen molar-refractivity contribution < 1.29 is 31.8 Å². The van der Waals surface area contributed by atoms with E-state index in [-0.39, 0.29) is 18.4 Å². The van der Waals surface area contributed by atoms with Gasteiger partial charge in [-0.3, -0.25) is 0 Å². The quantitative estimate of drug-likeness (QED) is 0.491. The number of halogens is 3. The van der Waals surface area contributed by atoms with E-state index >= 15 is 0 Å². The average molecular weight is 505 g/mol. The van der Waals surface area contributed by atoms with E-state index in [0.717, 1.165) is 23.5 Å². The van der Waals surface area contributed by atoms with Crippen molar-refractivity contribution in [3.63, 3.8) is 0 Å². The Morgan fingerprint density at radius 1 is 1.27 bits per heavy atom. The van der Waals surface area contributed by atoms with Gasteiger partial charge < -0.3 is 10.2 Å². The summed E-state index contributed by atoms with van der Waals surface area (Å²) in [5.74, 6) is 0. The lowest BCUT2D eigenvalue weighted by Gasteiger charge is -2.42. The molecule has 33 heavy (non-hydrogen) atoms. The van der Waals surface area contributed by atoms with Gasteiger partial charge in [0.15, 0.2) is 0 Å². The number of benzene rings is 1. The van der Waals surface area contributed by atoms with E-state index in [1.807, 2.05) is 0 Å². The number of alkyl halides is 3. The zero-order valence-corrected chi connectivity index (χ0v) is 19.9. The molecule has 180 valence electrons. The van der Waals surface area contributed by atoms with Gasteiger partial charge >= 0.3 is 6.18 Å². The zero-order valence-electron chi connectivity index (χ0n) is 18.2. The van der Waals surface area contributed by atoms with Crippen molar-refractivity contribution in [2.24, 2.45) is 0 Å². The summed E-state index contributed by atoms with van der Waals surface area (Å²) in [6.45, 7) is 6.27. The third kappa shape index (κ3) is 4.39. The van der Waals surface area contributed by atoms with Gasteiger partial charge in [-0.15, -0.1) is 0 Å². The molecule has 13 heteroatoms.